The number of benzene rings is 1. The van der Waals surface area contributed by atoms with E-state index in [9.17, 15) is 4.79 Å². The summed E-state index contributed by atoms with van der Waals surface area (Å²) < 4.78 is 5.77. The number of carbonyl (C=O) groups is 1. The Morgan fingerprint density at radius 2 is 2.26 bits per heavy atom. The molecule has 0 aliphatic carbocycles. The first-order chi connectivity index (χ1) is 9.18. The molecule has 104 valence electrons. The van der Waals surface area contributed by atoms with Crippen molar-refractivity contribution in [1.29, 1.82) is 0 Å². The molecule has 2 rings (SSSR count). The molecular formula is C15H22N2O2. The van der Waals surface area contributed by atoms with E-state index in [4.69, 9.17) is 4.74 Å². The van der Waals surface area contributed by atoms with Gasteiger partial charge in [0, 0.05) is 32.2 Å². The normalized spacial score (nSPS) is 20.2. The zero-order valence-electron chi connectivity index (χ0n) is 11.7. The number of ether oxygens (including phenoxy) is 1. The Morgan fingerprint density at radius 3 is 3.00 bits per heavy atom. The van der Waals surface area contributed by atoms with Crippen molar-refractivity contribution >= 4 is 5.78 Å². The van der Waals surface area contributed by atoms with Crippen molar-refractivity contribution in [1.82, 2.24) is 10.2 Å². The molecule has 0 aromatic heterocycles. The van der Waals surface area contributed by atoms with Gasteiger partial charge in [-0.05, 0) is 26.0 Å². The fraction of sp³-hybridized carbons (Fsp3) is 0.533. The summed E-state index contributed by atoms with van der Waals surface area (Å²) in [5, 5.41) is 3.37. The standard InChI is InChI=1S/C15H22N2O2/c1-12-11-16-7-8-17(12)9-10-19-15-6-4-3-5-14(15)13(2)18/h3-6,12,16H,7-11H2,1-2H3/t12-/m1/s1. The monoisotopic (exact) mass is 262 g/mol. The van der Waals surface area contributed by atoms with Crippen LogP contribution in [0.2, 0.25) is 0 Å². The SMILES string of the molecule is CC(=O)c1ccccc1OCCN1CCNC[C@H]1C. The van der Waals surface area contributed by atoms with Crippen LogP contribution >= 0.6 is 0 Å². The summed E-state index contributed by atoms with van der Waals surface area (Å²) in [4.78, 5) is 13.9. The van der Waals surface area contributed by atoms with Crippen LogP contribution in [0.4, 0.5) is 0 Å². The van der Waals surface area contributed by atoms with Crippen molar-refractivity contribution in [2.75, 3.05) is 32.8 Å². The average Bonchev–Trinajstić information content (AvgIpc) is 2.41. The van der Waals surface area contributed by atoms with Crippen LogP contribution in [0.25, 0.3) is 0 Å². The Labute approximate surface area is 114 Å². The molecule has 0 saturated carbocycles. The highest BCUT2D eigenvalue weighted by molar-refractivity contribution is 5.96. The third-order valence-electron chi connectivity index (χ3n) is 3.54. The van der Waals surface area contributed by atoms with Crippen molar-refractivity contribution in [3.63, 3.8) is 0 Å². The summed E-state index contributed by atoms with van der Waals surface area (Å²) in [5.74, 6) is 0.740. The van der Waals surface area contributed by atoms with Crippen LogP contribution in [0.15, 0.2) is 24.3 Å². The molecule has 1 aliphatic heterocycles. The van der Waals surface area contributed by atoms with E-state index in [0.29, 0.717) is 24.0 Å². The van der Waals surface area contributed by atoms with Gasteiger partial charge in [0.05, 0.1) is 5.56 Å². The van der Waals surface area contributed by atoms with Gasteiger partial charge in [-0.2, -0.15) is 0 Å². The van der Waals surface area contributed by atoms with E-state index in [1.807, 2.05) is 24.3 Å². The van der Waals surface area contributed by atoms with E-state index < -0.39 is 0 Å². The zero-order chi connectivity index (χ0) is 13.7. The lowest BCUT2D eigenvalue weighted by atomic mass is 10.1. The Kier molecular flexibility index (Phi) is 4.93. The number of Topliss-reactive ketones (excluding diaryl/α,β-unsaturated/α-hetero) is 1. The lowest BCUT2D eigenvalue weighted by molar-refractivity contribution is 0.101. The number of piperazine rings is 1. The van der Waals surface area contributed by atoms with E-state index in [0.717, 1.165) is 26.2 Å². The number of nitrogens with zero attached hydrogens (tertiary/aromatic N) is 1. The average molecular weight is 262 g/mol. The molecule has 0 unspecified atom stereocenters. The third kappa shape index (κ3) is 3.78. The van der Waals surface area contributed by atoms with Crippen LogP contribution in [-0.4, -0.2) is 49.5 Å². The predicted molar refractivity (Wildman–Crippen MR) is 75.8 cm³/mol. The minimum atomic E-state index is 0.0474. The van der Waals surface area contributed by atoms with Crippen LogP contribution in [0.3, 0.4) is 0 Å². The Hall–Kier alpha value is -1.39. The number of nitrogens with one attached hydrogen (secondary N) is 1. The van der Waals surface area contributed by atoms with Crippen molar-refractivity contribution in [2.24, 2.45) is 0 Å². The van der Waals surface area contributed by atoms with Gasteiger partial charge < -0.3 is 10.1 Å². The van der Waals surface area contributed by atoms with Gasteiger partial charge in [-0.1, -0.05) is 12.1 Å². The smallest absolute Gasteiger partial charge is 0.163 e. The highest BCUT2D eigenvalue weighted by atomic mass is 16.5. The second-order valence-electron chi connectivity index (χ2n) is 4.99. The number of hydrogen-bond donors (Lipinski definition) is 1. The second-order valence-corrected chi connectivity index (χ2v) is 4.99. The molecule has 0 radical (unpaired) electrons. The van der Waals surface area contributed by atoms with Crippen LogP contribution in [0.1, 0.15) is 24.2 Å². The van der Waals surface area contributed by atoms with E-state index in [1.165, 1.54) is 0 Å². The van der Waals surface area contributed by atoms with Crippen molar-refractivity contribution in [2.45, 2.75) is 19.9 Å². The molecular weight excluding hydrogens is 240 g/mol. The predicted octanol–water partition coefficient (Wildman–Crippen LogP) is 1.56. The molecule has 1 fully saturated rings. The molecule has 1 heterocycles. The first-order valence-electron chi connectivity index (χ1n) is 6.86. The van der Waals surface area contributed by atoms with E-state index in [-0.39, 0.29) is 5.78 Å². The summed E-state index contributed by atoms with van der Waals surface area (Å²) in [6, 6.07) is 7.97. The zero-order valence-corrected chi connectivity index (χ0v) is 11.7. The Morgan fingerprint density at radius 1 is 1.47 bits per heavy atom. The summed E-state index contributed by atoms with van der Waals surface area (Å²) >= 11 is 0. The highest BCUT2D eigenvalue weighted by Crippen LogP contribution is 2.18. The second kappa shape index (κ2) is 6.68. The highest BCUT2D eigenvalue weighted by Gasteiger charge is 2.17. The van der Waals surface area contributed by atoms with Gasteiger partial charge in [-0.15, -0.1) is 0 Å². The summed E-state index contributed by atoms with van der Waals surface area (Å²) in [6.45, 7) is 8.43. The topological polar surface area (TPSA) is 41.6 Å². The van der Waals surface area contributed by atoms with Gasteiger partial charge in [-0.3, -0.25) is 9.69 Å². The molecule has 1 N–H and O–H groups in total. The quantitative estimate of drug-likeness (QED) is 0.818. The van der Waals surface area contributed by atoms with Gasteiger partial charge in [0.2, 0.25) is 0 Å². The lowest BCUT2D eigenvalue weighted by Crippen LogP contribution is -2.50. The molecule has 0 spiro atoms. The minimum absolute atomic E-state index is 0.0474. The van der Waals surface area contributed by atoms with Gasteiger partial charge in [0.15, 0.2) is 5.78 Å². The molecule has 4 heteroatoms. The summed E-state index contributed by atoms with van der Waals surface area (Å²) in [5.41, 5.74) is 0.663. The molecule has 1 aromatic rings. The van der Waals surface area contributed by atoms with Gasteiger partial charge in [-0.25, -0.2) is 0 Å². The van der Waals surface area contributed by atoms with Gasteiger partial charge in [0.1, 0.15) is 12.4 Å². The van der Waals surface area contributed by atoms with Crippen molar-refractivity contribution in [3.05, 3.63) is 29.8 Å². The molecule has 4 nitrogen and oxygen atoms in total. The minimum Gasteiger partial charge on any atom is -0.491 e. The van der Waals surface area contributed by atoms with Crippen LogP contribution in [0, 0.1) is 0 Å². The largest absolute Gasteiger partial charge is 0.491 e. The molecule has 19 heavy (non-hydrogen) atoms. The van der Waals surface area contributed by atoms with Crippen molar-refractivity contribution in [3.8, 4) is 5.75 Å². The number of ketones is 1. The Bertz CT molecular complexity index is 434. The maximum atomic E-state index is 11.5. The Balaban J connectivity index is 1.87. The third-order valence-corrected chi connectivity index (χ3v) is 3.54. The van der Waals surface area contributed by atoms with Crippen LogP contribution in [0.5, 0.6) is 5.75 Å². The number of rotatable bonds is 5. The van der Waals surface area contributed by atoms with E-state index >= 15 is 0 Å². The van der Waals surface area contributed by atoms with Gasteiger partial charge in [0.25, 0.3) is 0 Å². The van der Waals surface area contributed by atoms with Crippen molar-refractivity contribution < 1.29 is 9.53 Å². The van der Waals surface area contributed by atoms with E-state index in [2.05, 4.69) is 17.1 Å². The molecule has 0 amide bonds. The number of hydrogen-bond acceptors (Lipinski definition) is 4. The summed E-state index contributed by atoms with van der Waals surface area (Å²) in [7, 11) is 0. The first-order valence-corrected chi connectivity index (χ1v) is 6.86. The number of para-hydroxylation sites is 1. The van der Waals surface area contributed by atoms with Crippen LogP contribution in [-0.2, 0) is 0 Å². The molecule has 1 aromatic carbocycles. The van der Waals surface area contributed by atoms with E-state index in [1.54, 1.807) is 6.92 Å². The first kappa shape index (κ1) is 14.0. The molecule has 0 bridgehead atoms. The number of carbonyl (C=O) groups excluding carboxylic acids is 1. The van der Waals surface area contributed by atoms with Crippen LogP contribution < -0.4 is 10.1 Å². The maximum absolute atomic E-state index is 11.5. The van der Waals surface area contributed by atoms with Gasteiger partial charge >= 0.3 is 0 Å². The fourth-order valence-corrected chi connectivity index (χ4v) is 2.37. The fourth-order valence-electron chi connectivity index (χ4n) is 2.37. The molecule has 1 aliphatic rings. The summed E-state index contributed by atoms with van der Waals surface area (Å²) in [6.07, 6.45) is 0. The lowest BCUT2D eigenvalue weighted by Gasteiger charge is -2.33. The molecule has 1 saturated heterocycles. The molecule has 1 atom stereocenters. The maximum Gasteiger partial charge on any atom is 0.163 e.